The van der Waals surface area contributed by atoms with Crippen molar-refractivity contribution in [1.82, 2.24) is 15.3 Å². The summed E-state index contributed by atoms with van der Waals surface area (Å²) in [7, 11) is 1.88. The lowest BCUT2D eigenvalue weighted by atomic mass is 10.1. The Labute approximate surface area is 105 Å². The molecule has 2 N–H and O–H groups in total. The molecule has 2 aromatic rings. The van der Waals surface area contributed by atoms with Crippen LogP contribution in [0, 0.1) is 5.82 Å². The van der Waals surface area contributed by atoms with E-state index in [9.17, 15) is 4.39 Å². The van der Waals surface area contributed by atoms with Crippen molar-refractivity contribution in [2.24, 2.45) is 0 Å². The average molecular weight is 246 g/mol. The summed E-state index contributed by atoms with van der Waals surface area (Å²) in [4.78, 5) is 8.37. The Kier molecular flexibility index (Phi) is 4.20. The molecule has 0 spiro atoms. The zero-order valence-electron chi connectivity index (χ0n) is 10.2. The summed E-state index contributed by atoms with van der Waals surface area (Å²) in [5.41, 5.74) is 1.57. The van der Waals surface area contributed by atoms with Crippen LogP contribution in [0.15, 0.2) is 36.7 Å². The lowest BCUT2D eigenvalue weighted by Gasteiger charge is -2.05. The number of rotatable bonds is 5. The second-order valence-electron chi connectivity index (χ2n) is 3.84. The number of nitrogens with zero attached hydrogens (tertiary/aromatic N) is 2. The van der Waals surface area contributed by atoms with Gasteiger partial charge in [0.25, 0.3) is 0 Å². The predicted octanol–water partition coefficient (Wildman–Crippen LogP) is 1.91. The fourth-order valence-corrected chi connectivity index (χ4v) is 1.54. The number of hydrogen-bond acceptors (Lipinski definition) is 4. The highest BCUT2D eigenvalue weighted by atomic mass is 19.1. The van der Waals surface area contributed by atoms with Gasteiger partial charge in [0, 0.05) is 31.0 Å². The molecule has 1 heterocycles. The van der Waals surface area contributed by atoms with Crippen LogP contribution in [0.5, 0.6) is 0 Å². The van der Waals surface area contributed by atoms with Crippen LogP contribution in [0.4, 0.5) is 10.3 Å². The van der Waals surface area contributed by atoms with E-state index < -0.39 is 0 Å². The van der Waals surface area contributed by atoms with E-state index >= 15 is 0 Å². The fourth-order valence-electron chi connectivity index (χ4n) is 1.54. The summed E-state index contributed by atoms with van der Waals surface area (Å²) in [6.07, 6.45) is 3.37. The maximum atomic E-state index is 13.1. The van der Waals surface area contributed by atoms with Crippen molar-refractivity contribution in [2.45, 2.75) is 0 Å². The molecular weight excluding hydrogens is 231 g/mol. The van der Waals surface area contributed by atoms with Gasteiger partial charge >= 0.3 is 0 Å². The highest BCUT2D eigenvalue weighted by molar-refractivity contribution is 5.61. The van der Waals surface area contributed by atoms with Crippen LogP contribution >= 0.6 is 0 Å². The van der Waals surface area contributed by atoms with Gasteiger partial charge in [0.1, 0.15) is 5.82 Å². The molecule has 0 saturated carbocycles. The molecule has 94 valence electrons. The molecule has 0 aliphatic carbocycles. The second kappa shape index (κ2) is 6.07. The first-order valence-corrected chi connectivity index (χ1v) is 5.76. The zero-order valence-corrected chi connectivity index (χ0v) is 10.2. The van der Waals surface area contributed by atoms with Gasteiger partial charge in [-0.25, -0.2) is 14.4 Å². The first kappa shape index (κ1) is 12.4. The Bertz CT molecular complexity index is 499. The standard InChI is InChI=1S/C13H15FN4/c1-15-5-6-16-13-17-8-11(9-18-13)10-3-2-4-12(14)7-10/h2-4,7-9,15H,5-6H2,1H3,(H,16,17,18). The monoisotopic (exact) mass is 246 g/mol. The van der Waals surface area contributed by atoms with E-state index in [2.05, 4.69) is 20.6 Å². The maximum Gasteiger partial charge on any atom is 0.222 e. The van der Waals surface area contributed by atoms with Crippen LogP contribution in [0.2, 0.25) is 0 Å². The second-order valence-corrected chi connectivity index (χ2v) is 3.84. The summed E-state index contributed by atoms with van der Waals surface area (Å²) in [6.45, 7) is 1.60. The zero-order chi connectivity index (χ0) is 12.8. The number of hydrogen-bond donors (Lipinski definition) is 2. The number of anilines is 1. The summed E-state index contributed by atoms with van der Waals surface area (Å²) < 4.78 is 13.1. The van der Waals surface area contributed by atoms with Crippen molar-refractivity contribution >= 4 is 5.95 Å². The first-order valence-electron chi connectivity index (χ1n) is 5.76. The van der Waals surface area contributed by atoms with Gasteiger partial charge in [0.2, 0.25) is 5.95 Å². The van der Waals surface area contributed by atoms with Gasteiger partial charge in [-0.15, -0.1) is 0 Å². The highest BCUT2D eigenvalue weighted by Crippen LogP contribution is 2.18. The minimum Gasteiger partial charge on any atom is -0.353 e. The van der Waals surface area contributed by atoms with E-state index in [1.807, 2.05) is 13.1 Å². The molecule has 0 saturated heterocycles. The van der Waals surface area contributed by atoms with Crippen molar-refractivity contribution < 1.29 is 4.39 Å². The molecule has 0 aliphatic rings. The Hall–Kier alpha value is -2.01. The smallest absolute Gasteiger partial charge is 0.222 e. The van der Waals surface area contributed by atoms with Crippen molar-refractivity contribution in [3.05, 3.63) is 42.5 Å². The highest BCUT2D eigenvalue weighted by Gasteiger charge is 2.01. The molecule has 0 unspecified atom stereocenters. The largest absolute Gasteiger partial charge is 0.353 e. The van der Waals surface area contributed by atoms with Crippen LogP contribution in [0.25, 0.3) is 11.1 Å². The van der Waals surface area contributed by atoms with Crippen molar-refractivity contribution in [3.63, 3.8) is 0 Å². The third-order valence-electron chi connectivity index (χ3n) is 2.47. The summed E-state index contributed by atoms with van der Waals surface area (Å²) >= 11 is 0. The molecular formula is C13H15FN4. The van der Waals surface area contributed by atoms with Crippen molar-refractivity contribution in [1.29, 1.82) is 0 Å². The number of benzene rings is 1. The Morgan fingerprint density at radius 2 is 1.89 bits per heavy atom. The van der Waals surface area contributed by atoms with Gasteiger partial charge in [-0.05, 0) is 24.7 Å². The van der Waals surface area contributed by atoms with Gasteiger partial charge < -0.3 is 10.6 Å². The molecule has 5 heteroatoms. The lowest BCUT2D eigenvalue weighted by Crippen LogP contribution is -2.18. The molecule has 2 rings (SSSR count). The van der Waals surface area contributed by atoms with Crippen molar-refractivity contribution in [2.75, 3.05) is 25.5 Å². The van der Waals surface area contributed by atoms with E-state index in [4.69, 9.17) is 0 Å². The molecule has 0 radical (unpaired) electrons. The summed E-state index contributed by atoms with van der Waals surface area (Å²) in [6, 6.07) is 6.38. The number of nitrogens with one attached hydrogen (secondary N) is 2. The third-order valence-corrected chi connectivity index (χ3v) is 2.47. The first-order chi connectivity index (χ1) is 8.79. The quantitative estimate of drug-likeness (QED) is 0.791. The van der Waals surface area contributed by atoms with Crippen molar-refractivity contribution in [3.8, 4) is 11.1 Å². The maximum absolute atomic E-state index is 13.1. The molecule has 0 fully saturated rings. The topological polar surface area (TPSA) is 49.8 Å². The van der Waals surface area contributed by atoms with Crippen LogP contribution in [0.1, 0.15) is 0 Å². The summed E-state index contributed by atoms with van der Waals surface area (Å²) in [5.74, 6) is 0.314. The minimum absolute atomic E-state index is 0.260. The molecule has 0 bridgehead atoms. The van der Waals surface area contributed by atoms with Gasteiger partial charge in [0.15, 0.2) is 0 Å². The molecule has 0 atom stereocenters. The fraction of sp³-hybridized carbons (Fsp3) is 0.231. The number of halogens is 1. The molecule has 18 heavy (non-hydrogen) atoms. The molecule has 0 aliphatic heterocycles. The van der Waals surface area contributed by atoms with Crippen LogP contribution in [-0.4, -0.2) is 30.1 Å². The molecule has 0 amide bonds. The van der Waals surface area contributed by atoms with E-state index in [1.165, 1.54) is 12.1 Å². The lowest BCUT2D eigenvalue weighted by molar-refractivity contribution is 0.628. The van der Waals surface area contributed by atoms with Gasteiger partial charge in [-0.1, -0.05) is 12.1 Å². The van der Waals surface area contributed by atoms with Gasteiger partial charge in [0.05, 0.1) is 0 Å². The average Bonchev–Trinajstić information content (AvgIpc) is 2.40. The molecule has 4 nitrogen and oxygen atoms in total. The van der Waals surface area contributed by atoms with E-state index in [-0.39, 0.29) is 5.82 Å². The normalized spacial score (nSPS) is 10.3. The van der Waals surface area contributed by atoms with Crippen LogP contribution < -0.4 is 10.6 Å². The van der Waals surface area contributed by atoms with E-state index in [0.29, 0.717) is 5.95 Å². The van der Waals surface area contributed by atoms with Crippen LogP contribution in [-0.2, 0) is 0 Å². The number of likely N-dealkylation sites (N-methyl/N-ethyl adjacent to an activating group) is 1. The van der Waals surface area contributed by atoms with E-state index in [0.717, 1.165) is 24.2 Å². The molecule has 1 aromatic carbocycles. The SMILES string of the molecule is CNCCNc1ncc(-c2cccc(F)c2)cn1. The minimum atomic E-state index is -0.260. The number of aromatic nitrogens is 2. The Morgan fingerprint density at radius 3 is 2.56 bits per heavy atom. The molecule has 1 aromatic heterocycles. The van der Waals surface area contributed by atoms with Gasteiger partial charge in [-0.2, -0.15) is 0 Å². The third kappa shape index (κ3) is 3.24. The Morgan fingerprint density at radius 1 is 1.11 bits per heavy atom. The Balaban J connectivity index is 2.07. The van der Waals surface area contributed by atoms with Crippen LogP contribution in [0.3, 0.4) is 0 Å². The van der Waals surface area contributed by atoms with E-state index in [1.54, 1.807) is 18.5 Å². The predicted molar refractivity (Wildman–Crippen MR) is 69.8 cm³/mol. The summed E-state index contributed by atoms with van der Waals surface area (Å²) in [5, 5.41) is 6.10. The van der Waals surface area contributed by atoms with Gasteiger partial charge in [-0.3, -0.25) is 0 Å².